The molecule has 0 radical (unpaired) electrons. The Balaban J connectivity index is 2.43. The molecule has 1 rings (SSSR count). The average Bonchev–Trinajstić information content (AvgIpc) is 2.28. The molecule has 1 aliphatic rings. The van der Waals surface area contributed by atoms with E-state index in [0.717, 1.165) is 38.5 Å². The van der Waals surface area contributed by atoms with Crippen LogP contribution < -0.4 is 10.6 Å². The Morgan fingerprint density at radius 2 is 1.25 bits per heavy atom. The Kier molecular flexibility index (Phi) is 5.29. The highest BCUT2D eigenvalue weighted by Crippen LogP contribution is 2.09. The number of rotatable bonds is 6. The van der Waals surface area contributed by atoms with Gasteiger partial charge in [0.15, 0.2) is 0 Å². The number of hydrogen-bond acceptors (Lipinski definition) is 2. The average molecular weight is 226 g/mol. The Hall–Kier alpha value is -1.06. The Bertz CT molecular complexity index is 227. The van der Waals surface area contributed by atoms with Gasteiger partial charge in [-0.25, -0.2) is 0 Å². The number of carbonyl (C=O) groups is 2. The summed E-state index contributed by atoms with van der Waals surface area (Å²) in [5.74, 6) is -0.0386. The van der Waals surface area contributed by atoms with E-state index in [-0.39, 0.29) is 23.9 Å². The third kappa shape index (κ3) is 3.51. The molecule has 0 aliphatic carbocycles. The van der Waals surface area contributed by atoms with E-state index in [2.05, 4.69) is 24.5 Å². The molecule has 1 fully saturated rings. The van der Waals surface area contributed by atoms with Crippen LogP contribution in [0, 0.1) is 0 Å². The Morgan fingerprint density at radius 1 is 0.875 bits per heavy atom. The fourth-order valence-electron chi connectivity index (χ4n) is 1.90. The standard InChI is InChI=1S/C12H22N2O2/c1-3-5-7-9-11(15)14-10(8-6-4-2)12(16)13-9/h9-10H,3-8H2,1-2H3,(H,13,16)(H,14,15). The molecular formula is C12H22N2O2. The largest absolute Gasteiger partial charge is 0.343 e. The lowest BCUT2D eigenvalue weighted by Gasteiger charge is -2.29. The van der Waals surface area contributed by atoms with Gasteiger partial charge in [0.2, 0.25) is 11.8 Å². The maximum Gasteiger partial charge on any atom is 0.243 e. The summed E-state index contributed by atoms with van der Waals surface area (Å²) in [5, 5.41) is 5.62. The fraction of sp³-hybridized carbons (Fsp3) is 0.833. The van der Waals surface area contributed by atoms with Crippen molar-refractivity contribution < 1.29 is 9.59 Å². The number of amides is 2. The highest BCUT2D eigenvalue weighted by Gasteiger charge is 2.32. The third-order valence-corrected chi connectivity index (χ3v) is 2.96. The van der Waals surface area contributed by atoms with Gasteiger partial charge in [-0.05, 0) is 12.8 Å². The molecule has 2 atom stereocenters. The summed E-state index contributed by atoms with van der Waals surface area (Å²) in [6.45, 7) is 4.15. The molecule has 92 valence electrons. The zero-order valence-electron chi connectivity index (χ0n) is 10.2. The molecule has 1 saturated heterocycles. The molecule has 4 heteroatoms. The van der Waals surface area contributed by atoms with Crippen molar-refractivity contribution in [3.8, 4) is 0 Å². The van der Waals surface area contributed by atoms with Crippen LogP contribution in [-0.4, -0.2) is 23.9 Å². The van der Waals surface area contributed by atoms with Crippen molar-refractivity contribution in [3.05, 3.63) is 0 Å². The number of nitrogens with one attached hydrogen (secondary N) is 2. The number of carbonyl (C=O) groups excluding carboxylic acids is 2. The first-order valence-corrected chi connectivity index (χ1v) is 6.29. The van der Waals surface area contributed by atoms with Gasteiger partial charge in [0, 0.05) is 0 Å². The molecule has 2 unspecified atom stereocenters. The summed E-state index contributed by atoms with van der Waals surface area (Å²) >= 11 is 0. The number of piperazine rings is 1. The monoisotopic (exact) mass is 226 g/mol. The fourth-order valence-corrected chi connectivity index (χ4v) is 1.90. The highest BCUT2D eigenvalue weighted by atomic mass is 16.2. The minimum Gasteiger partial charge on any atom is -0.343 e. The first kappa shape index (κ1) is 13.0. The lowest BCUT2D eigenvalue weighted by atomic mass is 10.0. The number of hydrogen-bond donors (Lipinski definition) is 2. The highest BCUT2D eigenvalue weighted by molar-refractivity contribution is 5.96. The zero-order chi connectivity index (χ0) is 12.0. The molecule has 1 aliphatic heterocycles. The molecule has 0 bridgehead atoms. The van der Waals surface area contributed by atoms with Crippen molar-refractivity contribution in [2.45, 2.75) is 64.5 Å². The topological polar surface area (TPSA) is 58.2 Å². The predicted molar refractivity (Wildman–Crippen MR) is 62.9 cm³/mol. The van der Waals surface area contributed by atoms with E-state index in [1.807, 2.05) is 0 Å². The van der Waals surface area contributed by atoms with Crippen LogP contribution in [0.5, 0.6) is 0 Å². The van der Waals surface area contributed by atoms with E-state index < -0.39 is 0 Å². The van der Waals surface area contributed by atoms with Gasteiger partial charge in [-0.2, -0.15) is 0 Å². The van der Waals surface area contributed by atoms with Crippen LogP contribution in [0.25, 0.3) is 0 Å². The third-order valence-electron chi connectivity index (χ3n) is 2.96. The minimum atomic E-state index is -0.315. The van der Waals surface area contributed by atoms with Gasteiger partial charge >= 0.3 is 0 Å². The second-order valence-corrected chi connectivity index (χ2v) is 4.41. The smallest absolute Gasteiger partial charge is 0.243 e. The molecule has 2 amide bonds. The summed E-state index contributed by atoms with van der Waals surface area (Å²) in [7, 11) is 0. The minimum absolute atomic E-state index is 0.0193. The van der Waals surface area contributed by atoms with Crippen LogP contribution in [0.2, 0.25) is 0 Å². The maximum absolute atomic E-state index is 11.7. The van der Waals surface area contributed by atoms with Gasteiger partial charge in [-0.15, -0.1) is 0 Å². The summed E-state index contributed by atoms with van der Waals surface area (Å²) < 4.78 is 0. The van der Waals surface area contributed by atoms with E-state index in [0.29, 0.717) is 0 Å². The normalized spacial score (nSPS) is 25.1. The predicted octanol–water partition coefficient (Wildman–Crippen LogP) is 1.35. The molecule has 16 heavy (non-hydrogen) atoms. The van der Waals surface area contributed by atoms with Gasteiger partial charge in [0.25, 0.3) is 0 Å². The van der Waals surface area contributed by atoms with Gasteiger partial charge in [-0.1, -0.05) is 39.5 Å². The van der Waals surface area contributed by atoms with E-state index in [9.17, 15) is 9.59 Å². The van der Waals surface area contributed by atoms with Gasteiger partial charge < -0.3 is 10.6 Å². The first-order chi connectivity index (χ1) is 7.69. The lowest BCUT2D eigenvalue weighted by Crippen LogP contribution is -2.61. The molecule has 2 N–H and O–H groups in total. The first-order valence-electron chi connectivity index (χ1n) is 6.29. The van der Waals surface area contributed by atoms with Crippen molar-refractivity contribution in [2.24, 2.45) is 0 Å². The van der Waals surface area contributed by atoms with Crippen molar-refractivity contribution in [1.29, 1.82) is 0 Å². The van der Waals surface area contributed by atoms with E-state index in [1.54, 1.807) is 0 Å². The van der Waals surface area contributed by atoms with Crippen LogP contribution in [0.1, 0.15) is 52.4 Å². The van der Waals surface area contributed by atoms with Crippen LogP contribution >= 0.6 is 0 Å². The molecular weight excluding hydrogens is 204 g/mol. The van der Waals surface area contributed by atoms with Crippen molar-refractivity contribution in [1.82, 2.24) is 10.6 Å². The second kappa shape index (κ2) is 6.51. The SMILES string of the molecule is CCCCC1NC(=O)C(CCCC)NC1=O. The molecule has 0 spiro atoms. The summed E-state index contributed by atoms with van der Waals surface area (Å²) in [5.41, 5.74) is 0. The van der Waals surface area contributed by atoms with Crippen LogP contribution in [0.4, 0.5) is 0 Å². The summed E-state index contributed by atoms with van der Waals surface area (Å²) in [6, 6.07) is -0.629. The second-order valence-electron chi connectivity index (χ2n) is 4.41. The quantitative estimate of drug-likeness (QED) is 0.718. The van der Waals surface area contributed by atoms with Crippen molar-refractivity contribution in [2.75, 3.05) is 0 Å². The molecule has 0 aromatic rings. The zero-order valence-corrected chi connectivity index (χ0v) is 10.2. The Morgan fingerprint density at radius 3 is 1.56 bits per heavy atom. The van der Waals surface area contributed by atoms with E-state index in [4.69, 9.17) is 0 Å². The summed E-state index contributed by atoms with van der Waals surface area (Å²) in [4.78, 5) is 23.4. The van der Waals surface area contributed by atoms with Crippen LogP contribution in [-0.2, 0) is 9.59 Å². The van der Waals surface area contributed by atoms with E-state index >= 15 is 0 Å². The molecule has 4 nitrogen and oxygen atoms in total. The molecule has 0 aromatic heterocycles. The van der Waals surface area contributed by atoms with Crippen molar-refractivity contribution in [3.63, 3.8) is 0 Å². The van der Waals surface area contributed by atoms with Gasteiger partial charge in [0.05, 0.1) is 0 Å². The van der Waals surface area contributed by atoms with E-state index in [1.165, 1.54) is 0 Å². The van der Waals surface area contributed by atoms with Gasteiger partial charge in [-0.3, -0.25) is 9.59 Å². The van der Waals surface area contributed by atoms with Crippen LogP contribution in [0.15, 0.2) is 0 Å². The number of unbranched alkanes of at least 4 members (excludes halogenated alkanes) is 2. The maximum atomic E-state index is 11.7. The van der Waals surface area contributed by atoms with Gasteiger partial charge in [0.1, 0.15) is 12.1 Å². The lowest BCUT2D eigenvalue weighted by molar-refractivity contribution is -0.137. The Labute approximate surface area is 97.2 Å². The molecule has 1 heterocycles. The van der Waals surface area contributed by atoms with Crippen LogP contribution in [0.3, 0.4) is 0 Å². The van der Waals surface area contributed by atoms with Crippen molar-refractivity contribution >= 4 is 11.8 Å². The summed E-state index contributed by atoms with van der Waals surface area (Å²) in [6.07, 6.45) is 5.51. The molecule has 0 aromatic carbocycles. The molecule has 0 saturated carbocycles.